The second-order valence-electron chi connectivity index (χ2n) is 5.68. The van der Waals surface area contributed by atoms with Crippen LogP contribution in [0.3, 0.4) is 0 Å². The molecular weight excluding hydrogens is 248 g/mol. The Morgan fingerprint density at radius 1 is 1.20 bits per heavy atom. The fraction of sp³-hybridized carbons (Fsp3) is 0.647. The van der Waals surface area contributed by atoms with Crippen LogP contribution in [0.5, 0.6) is 0 Å². The quantitative estimate of drug-likeness (QED) is 0.868. The number of anilines is 1. The van der Waals surface area contributed by atoms with Crippen LogP contribution in [-0.4, -0.2) is 31.8 Å². The van der Waals surface area contributed by atoms with Gasteiger partial charge in [0.05, 0.1) is 6.10 Å². The Hall–Kier alpha value is -1.06. The summed E-state index contributed by atoms with van der Waals surface area (Å²) in [5.41, 5.74) is 8.67. The van der Waals surface area contributed by atoms with Gasteiger partial charge >= 0.3 is 0 Å². The molecule has 1 heterocycles. The zero-order valence-electron chi connectivity index (χ0n) is 12.8. The van der Waals surface area contributed by atoms with Gasteiger partial charge in [-0.1, -0.05) is 19.1 Å². The number of nitrogens with two attached hydrogens (primary N) is 1. The highest BCUT2D eigenvalue weighted by atomic mass is 16.5. The van der Waals surface area contributed by atoms with Crippen LogP contribution in [0.15, 0.2) is 24.3 Å². The van der Waals surface area contributed by atoms with Gasteiger partial charge in [0.15, 0.2) is 0 Å². The summed E-state index contributed by atoms with van der Waals surface area (Å²) in [5, 5.41) is 0. The number of hydrogen-bond donors (Lipinski definition) is 1. The van der Waals surface area contributed by atoms with Crippen LogP contribution in [-0.2, 0) is 11.2 Å². The van der Waals surface area contributed by atoms with Crippen molar-refractivity contribution in [1.29, 1.82) is 0 Å². The van der Waals surface area contributed by atoms with E-state index in [4.69, 9.17) is 10.5 Å². The Balaban J connectivity index is 1.87. The van der Waals surface area contributed by atoms with Crippen LogP contribution in [0.2, 0.25) is 0 Å². The lowest BCUT2D eigenvalue weighted by Gasteiger charge is -2.33. The Bertz CT molecular complexity index is 382. The number of piperidine rings is 1. The largest absolute Gasteiger partial charge is 0.378 e. The first-order chi connectivity index (χ1) is 9.72. The Morgan fingerprint density at radius 2 is 1.85 bits per heavy atom. The topological polar surface area (TPSA) is 38.5 Å². The van der Waals surface area contributed by atoms with Crippen molar-refractivity contribution in [3.63, 3.8) is 0 Å². The molecule has 3 heteroatoms. The maximum atomic E-state index is 6.01. The van der Waals surface area contributed by atoms with Crippen LogP contribution in [0.1, 0.15) is 38.7 Å². The number of hydrogen-bond acceptors (Lipinski definition) is 3. The van der Waals surface area contributed by atoms with E-state index in [1.807, 2.05) is 0 Å². The maximum absolute atomic E-state index is 6.01. The summed E-state index contributed by atoms with van der Waals surface area (Å²) >= 11 is 0. The minimum absolute atomic E-state index is 0.280. The molecule has 0 bridgehead atoms. The minimum atomic E-state index is 0.280. The molecule has 3 nitrogen and oxygen atoms in total. The van der Waals surface area contributed by atoms with Gasteiger partial charge < -0.3 is 15.4 Å². The van der Waals surface area contributed by atoms with Gasteiger partial charge in [-0.25, -0.2) is 0 Å². The first kappa shape index (κ1) is 15.3. The van der Waals surface area contributed by atoms with Gasteiger partial charge in [-0.2, -0.15) is 0 Å². The molecule has 1 aromatic carbocycles. The molecule has 1 aromatic rings. The van der Waals surface area contributed by atoms with Gasteiger partial charge in [0, 0.05) is 31.4 Å². The molecule has 1 unspecified atom stereocenters. The second-order valence-corrected chi connectivity index (χ2v) is 5.68. The summed E-state index contributed by atoms with van der Waals surface area (Å²) in [4.78, 5) is 2.46. The molecule has 0 aliphatic carbocycles. The molecule has 0 aromatic heterocycles. The maximum Gasteiger partial charge on any atom is 0.0608 e. The Kier molecular flexibility index (Phi) is 5.86. The molecule has 1 aliphatic rings. The van der Waals surface area contributed by atoms with Gasteiger partial charge in [0.2, 0.25) is 0 Å². The van der Waals surface area contributed by atoms with Gasteiger partial charge in [-0.3, -0.25) is 0 Å². The summed E-state index contributed by atoms with van der Waals surface area (Å²) in [6.45, 7) is 7.24. The molecule has 2 rings (SSSR count). The van der Waals surface area contributed by atoms with Crippen molar-refractivity contribution in [3.8, 4) is 0 Å². The van der Waals surface area contributed by atoms with Gasteiger partial charge in [0.1, 0.15) is 0 Å². The predicted octanol–water partition coefficient (Wildman–Crippen LogP) is 2.97. The molecule has 0 radical (unpaired) electrons. The number of nitrogens with zero attached hydrogens (tertiary/aromatic N) is 1. The third kappa shape index (κ3) is 4.22. The van der Waals surface area contributed by atoms with E-state index in [9.17, 15) is 0 Å². The van der Waals surface area contributed by atoms with Crippen molar-refractivity contribution >= 4 is 5.69 Å². The molecular formula is C17H28N2O. The third-order valence-corrected chi connectivity index (χ3v) is 4.17. The van der Waals surface area contributed by atoms with Crippen LogP contribution in [0.25, 0.3) is 0 Å². The van der Waals surface area contributed by atoms with E-state index in [-0.39, 0.29) is 6.04 Å². The van der Waals surface area contributed by atoms with E-state index >= 15 is 0 Å². The highest BCUT2D eigenvalue weighted by molar-refractivity contribution is 5.48. The Labute approximate surface area is 123 Å². The average Bonchev–Trinajstić information content (AvgIpc) is 2.49. The SMILES string of the molecule is CCOC1CCN(c2ccc(CC(N)CC)cc2)CC1. The lowest BCUT2D eigenvalue weighted by molar-refractivity contribution is 0.0459. The zero-order chi connectivity index (χ0) is 14.4. The summed E-state index contributed by atoms with van der Waals surface area (Å²) in [5.74, 6) is 0. The van der Waals surface area contributed by atoms with Gasteiger partial charge in [-0.15, -0.1) is 0 Å². The fourth-order valence-corrected chi connectivity index (χ4v) is 2.81. The molecule has 0 saturated carbocycles. The van der Waals surface area contributed by atoms with Crippen molar-refractivity contribution in [2.24, 2.45) is 5.73 Å². The van der Waals surface area contributed by atoms with Crippen molar-refractivity contribution in [1.82, 2.24) is 0 Å². The van der Waals surface area contributed by atoms with Crippen molar-refractivity contribution in [3.05, 3.63) is 29.8 Å². The van der Waals surface area contributed by atoms with Gasteiger partial charge in [0.25, 0.3) is 0 Å². The highest BCUT2D eigenvalue weighted by Gasteiger charge is 2.19. The molecule has 1 fully saturated rings. The average molecular weight is 276 g/mol. The van der Waals surface area contributed by atoms with Gasteiger partial charge in [-0.05, 0) is 50.3 Å². The van der Waals surface area contributed by atoms with E-state index in [1.54, 1.807) is 0 Å². The molecule has 112 valence electrons. The Morgan fingerprint density at radius 3 is 2.40 bits per heavy atom. The van der Waals surface area contributed by atoms with Crippen molar-refractivity contribution in [2.75, 3.05) is 24.6 Å². The molecule has 1 aliphatic heterocycles. The minimum Gasteiger partial charge on any atom is -0.378 e. The van der Waals surface area contributed by atoms with E-state index in [2.05, 4.69) is 43.0 Å². The smallest absolute Gasteiger partial charge is 0.0608 e. The molecule has 1 atom stereocenters. The number of rotatable bonds is 6. The summed E-state index contributed by atoms with van der Waals surface area (Å²) in [6.07, 6.45) is 4.74. The first-order valence-electron chi connectivity index (χ1n) is 7.94. The first-order valence-corrected chi connectivity index (χ1v) is 7.94. The molecule has 0 amide bonds. The van der Waals surface area contributed by atoms with E-state index < -0.39 is 0 Å². The lowest BCUT2D eigenvalue weighted by atomic mass is 10.0. The summed E-state index contributed by atoms with van der Waals surface area (Å²) < 4.78 is 5.70. The van der Waals surface area contributed by atoms with Crippen LogP contribution >= 0.6 is 0 Å². The van der Waals surface area contributed by atoms with Crippen molar-refractivity contribution in [2.45, 2.75) is 51.7 Å². The fourth-order valence-electron chi connectivity index (χ4n) is 2.81. The van der Waals surface area contributed by atoms with Crippen molar-refractivity contribution < 1.29 is 4.74 Å². The lowest BCUT2D eigenvalue weighted by Crippen LogP contribution is -2.37. The predicted molar refractivity (Wildman–Crippen MR) is 85.3 cm³/mol. The monoisotopic (exact) mass is 276 g/mol. The number of benzene rings is 1. The highest BCUT2D eigenvalue weighted by Crippen LogP contribution is 2.22. The van der Waals surface area contributed by atoms with E-state index in [1.165, 1.54) is 11.3 Å². The van der Waals surface area contributed by atoms with Crippen LogP contribution in [0, 0.1) is 0 Å². The molecule has 2 N–H and O–H groups in total. The van der Waals surface area contributed by atoms with E-state index in [0.717, 1.165) is 45.4 Å². The normalized spacial score (nSPS) is 18.2. The zero-order valence-corrected chi connectivity index (χ0v) is 12.8. The van der Waals surface area contributed by atoms with E-state index in [0.29, 0.717) is 6.10 Å². The van der Waals surface area contributed by atoms with Crippen LogP contribution < -0.4 is 10.6 Å². The second kappa shape index (κ2) is 7.65. The van der Waals surface area contributed by atoms with Crippen LogP contribution in [0.4, 0.5) is 5.69 Å². The summed E-state index contributed by atoms with van der Waals surface area (Å²) in [6, 6.07) is 9.19. The molecule has 1 saturated heterocycles. The molecule has 20 heavy (non-hydrogen) atoms. The molecule has 0 spiro atoms. The number of ether oxygens (including phenoxy) is 1. The summed E-state index contributed by atoms with van der Waals surface area (Å²) in [7, 11) is 0. The third-order valence-electron chi connectivity index (χ3n) is 4.17. The standard InChI is InChI=1S/C17H28N2O/c1-3-15(18)13-14-5-7-16(8-6-14)19-11-9-17(10-12-19)20-4-2/h5-8,15,17H,3-4,9-13,18H2,1-2H3.